The lowest BCUT2D eigenvalue weighted by Gasteiger charge is -2.29. The maximum atomic E-state index is 10.1. The third kappa shape index (κ3) is 4.61. The Labute approximate surface area is 127 Å². The molecule has 1 aromatic rings. The van der Waals surface area contributed by atoms with Crippen LogP contribution in [0.3, 0.4) is 0 Å². The highest BCUT2D eigenvalue weighted by Crippen LogP contribution is 2.29. The maximum Gasteiger partial charge on any atom is 0.128 e. The first kappa shape index (κ1) is 16.1. The molecule has 4 nitrogen and oxygen atoms in total. The second kappa shape index (κ2) is 8.25. The molecule has 0 aliphatic heterocycles. The van der Waals surface area contributed by atoms with E-state index in [9.17, 15) is 5.11 Å². The summed E-state index contributed by atoms with van der Waals surface area (Å²) >= 11 is 0. The van der Waals surface area contributed by atoms with Crippen molar-refractivity contribution in [1.82, 2.24) is 5.32 Å². The summed E-state index contributed by atoms with van der Waals surface area (Å²) in [7, 11) is 1.92. The second-order valence-electron chi connectivity index (χ2n) is 5.66. The topological polar surface area (TPSA) is 50.7 Å². The quantitative estimate of drug-likeness (QED) is 0.811. The summed E-state index contributed by atoms with van der Waals surface area (Å²) in [5, 5.41) is 13.2. The molecule has 0 bridgehead atoms. The highest BCUT2D eigenvalue weighted by Gasteiger charge is 2.25. The molecule has 2 N–H and O–H groups in total. The Morgan fingerprint density at radius 3 is 2.81 bits per heavy atom. The standard InChI is InChI=1S/C17H27NO3/c1-3-10-20-14-9-8-13(12-18-2)17(11-14)21-16-7-5-4-6-15(16)19/h8-9,11,15-16,18-19H,3-7,10,12H2,1-2H3. The summed E-state index contributed by atoms with van der Waals surface area (Å²) in [4.78, 5) is 0. The molecule has 1 aromatic carbocycles. The molecule has 1 fully saturated rings. The molecular weight excluding hydrogens is 266 g/mol. The lowest BCUT2D eigenvalue weighted by molar-refractivity contribution is 0.00625. The molecule has 1 saturated carbocycles. The van der Waals surface area contributed by atoms with Gasteiger partial charge in [-0.15, -0.1) is 0 Å². The first-order valence-corrected chi connectivity index (χ1v) is 7.99. The van der Waals surface area contributed by atoms with Crippen molar-refractivity contribution in [2.75, 3.05) is 13.7 Å². The fourth-order valence-electron chi connectivity index (χ4n) is 2.67. The largest absolute Gasteiger partial charge is 0.493 e. The van der Waals surface area contributed by atoms with Gasteiger partial charge in [0.15, 0.2) is 0 Å². The monoisotopic (exact) mass is 293 g/mol. The second-order valence-corrected chi connectivity index (χ2v) is 5.66. The van der Waals surface area contributed by atoms with Gasteiger partial charge in [0.2, 0.25) is 0 Å². The molecule has 0 saturated heterocycles. The average Bonchev–Trinajstić information content (AvgIpc) is 2.50. The summed E-state index contributed by atoms with van der Waals surface area (Å²) in [6.07, 6.45) is 4.48. The third-order valence-corrected chi connectivity index (χ3v) is 3.82. The molecule has 2 unspecified atom stereocenters. The van der Waals surface area contributed by atoms with Crippen molar-refractivity contribution in [3.8, 4) is 11.5 Å². The van der Waals surface area contributed by atoms with E-state index in [1.165, 1.54) is 0 Å². The molecule has 0 heterocycles. The van der Waals surface area contributed by atoms with E-state index in [0.29, 0.717) is 6.61 Å². The van der Waals surface area contributed by atoms with Crippen LogP contribution in [0.25, 0.3) is 0 Å². The van der Waals surface area contributed by atoms with Crippen LogP contribution in [0, 0.1) is 0 Å². The Morgan fingerprint density at radius 2 is 2.10 bits per heavy atom. The molecule has 118 valence electrons. The van der Waals surface area contributed by atoms with Gasteiger partial charge in [0.05, 0.1) is 12.7 Å². The number of ether oxygens (including phenoxy) is 2. The van der Waals surface area contributed by atoms with Crippen LogP contribution >= 0.6 is 0 Å². The van der Waals surface area contributed by atoms with Crippen molar-refractivity contribution in [3.05, 3.63) is 23.8 Å². The first-order valence-electron chi connectivity index (χ1n) is 7.99. The molecule has 21 heavy (non-hydrogen) atoms. The van der Waals surface area contributed by atoms with Crippen LogP contribution in [0.4, 0.5) is 0 Å². The van der Waals surface area contributed by atoms with E-state index in [2.05, 4.69) is 12.2 Å². The van der Waals surface area contributed by atoms with Crippen molar-refractivity contribution in [2.24, 2.45) is 0 Å². The zero-order chi connectivity index (χ0) is 15.1. The van der Waals surface area contributed by atoms with Crippen LogP contribution in [-0.2, 0) is 6.54 Å². The summed E-state index contributed by atoms with van der Waals surface area (Å²) in [5.41, 5.74) is 1.10. The van der Waals surface area contributed by atoms with Gasteiger partial charge < -0.3 is 19.9 Å². The van der Waals surface area contributed by atoms with Crippen LogP contribution in [0.2, 0.25) is 0 Å². The predicted octanol–water partition coefficient (Wildman–Crippen LogP) is 2.88. The highest BCUT2D eigenvalue weighted by molar-refractivity contribution is 5.41. The summed E-state index contributed by atoms with van der Waals surface area (Å²) in [5.74, 6) is 1.65. The van der Waals surface area contributed by atoms with E-state index in [1.54, 1.807) is 0 Å². The Balaban J connectivity index is 2.12. The zero-order valence-electron chi connectivity index (χ0n) is 13.1. The number of benzene rings is 1. The Morgan fingerprint density at radius 1 is 1.29 bits per heavy atom. The van der Waals surface area contributed by atoms with Gasteiger partial charge in [0.1, 0.15) is 17.6 Å². The smallest absolute Gasteiger partial charge is 0.128 e. The molecule has 1 aliphatic rings. The van der Waals surface area contributed by atoms with Gasteiger partial charge in [-0.3, -0.25) is 0 Å². The summed E-state index contributed by atoms with van der Waals surface area (Å²) in [6.45, 7) is 3.54. The van der Waals surface area contributed by atoms with Gasteiger partial charge in [0.25, 0.3) is 0 Å². The summed E-state index contributed by atoms with van der Waals surface area (Å²) in [6, 6.07) is 5.96. The van der Waals surface area contributed by atoms with Crippen molar-refractivity contribution in [1.29, 1.82) is 0 Å². The normalized spacial score (nSPS) is 22.0. The number of hydrogen-bond donors (Lipinski definition) is 2. The Bertz CT molecular complexity index is 436. The lowest BCUT2D eigenvalue weighted by atomic mass is 9.95. The highest BCUT2D eigenvalue weighted by atomic mass is 16.5. The van der Waals surface area contributed by atoms with E-state index in [1.807, 2.05) is 25.2 Å². The van der Waals surface area contributed by atoms with Gasteiger partial charge in [-0.25, -0.2) is 0 Å². The fourth-order valence-corrected chi connectivity index (χ4v) is 2.67. The van der Waals surface area contributed by atoms with Crippen molar-refractivity contribution >= 4 is 0 Å². The minimum atomic E-state index is -0.360. The average molecular weight is 293 g/mol. The molecule has 2 rings (SSSR count). The van der Waals surface area contributed by atoms with Crippen LogP contribution in [0.15, 0.2) is 18.2 Å². The molecule has 0 spiro atoms. The van der Waals surface area contributed by atoms with Crippen molar-refractivity contribution in [3.63, 3.8) is 0 Å². The van der Waals surface area contributed by atoms with E-state index in [4.69, 9.17) is 9.47 Å². The molecular formula is C17H27NO3. The molecule has 2 atom stereocenters. The number of rotatable bonds is 7. The zero-order valence-corrected chi connectivity index (χ0v) is 13.1. The molecule has 0 radical (unpaired) electrons. The van der Waals surface area contributed by atoms with E-state index in [-0.39, 0.29) is 12.2 Å². The predicted molar refractivity (Wildman–Crippen MR) is 83.9 cm³/mol. The maximum absolute atomic E-state index is 10.1. The van der Waals surface area contributed by atoms with Crippen molar-refractivity contribution in [2.45, 2.75) is 57.8 Å². The van der Waals surface area contributed by atoms with Gasteiger partial charge in [-0.05, 0) is 38.8 Å². The van der Waals surface area contributed by atoms with E-state index >= 15 is 0 Å². The SMILES string of the molecule is CCCOc1ccc(CNC)c(OC2CCCCC2O)c1. The van der Waals surface area contributed by atoms with Crippen LogP contribution in [0.1, 0.15) is 44.6 Å². The Kier molecular flexibility index (Phi) is 6.33. The van der Waals surface area contributed by atoms with Crippen LogP contribution in [0.5, 0.6) is 11.5 Å². The molecule has 0 amide bonds. The number of aliphatic hydroxyl groups excluding tert-OH is 1. The number of aliphatic hydroxyl groups is 1. The van der Waals surface area contributed by atoms with Crippen LogP contribution in [-0.4, -0.2) is 31.0 Å². The lowest BCUT2D eigenvalue weighted by Crippen LogP contribution is -2.35. The van der Waals surface area contributed by atoms with E-state index in [0.717, 1.165) is 55.7 Å². The fraction of sp³-hybridized carbons (Fsp3) is 0.647. The molecule has 4 heteroatoms. The minimum absolute atomic E-state index is 0.101. The van der Waals surface area contributed by atoms with Gasteiger partial charge in [-0.2, -0.15) is 0 Å². The van der Waals surface area contributed by atoms with Gasteiger partial charge >= 0.3 is 0 Å². The minimum Gasteiger partial charge on any atom is -0.493 e. The Hall–Kier alpha value is -1.26. The summed E-state index contributed by atoms with van der Waals surface area (Å²) < 4.78 is 11.8. The van der Waals surface area contributed by atoms with Crippen molar-refractivity contribution < 1.29 is 14.6 Å². The molecule has 0 aromatic heterocycles. The van der Waals surface area contributed by atoms with Crippen LogP contribution < -0.4 is 14.8 Å². The third-order valence-electron chi connectivity index (χ3n) is 3.82. The number of hydrogen-bond acceptors (Lipinski definition) is 4. The van der Waals surface area contributed by atoms with Gasteiger partial charge in [0, 0.05) is 18.2 Å². The van der Waals surface area contributed by atoms with E-state index < -0.39 is 0 Å². The van der Waals surface area contributed by atoms with Gasteiger partial charge in [-0.1, -0.05) is 19.4 Å². The molecule has 1 aliphatic carbocycles. The number of nitrogens with one attached hydrogen (secondary N) is 1. The first-order chi connectivity index (χ1) is 10.2.